The lowest BCUT2D eigenvalue weighted by molar-refractivity contribution is -0.122. The lowest BCUT2D eigenvalue weighted by Crippen LogP contribution is -2.50. The van der Waals surface area contributed by atoms with Crippen LogP contribution in [0.2, 0.25) is 0 Å². The van der Waals surface area contributed by atoms with E-state index in [1.54, 1.807) is 0 Å². The molecule has 0 aromatic carbocycles. The fraction of sp³-hybridized carbons (Fsp3) is 0.933. The molecule has 1 rings (SSSR count). The van der Waals surface area contributed by atoms with E-state index in [4.69, 9.17) is 5.73 Å². The van der Waals surface area contributed by atoms with Gasteiger partial charge in [-0.25, -0.2) is 0 Å². The first-order valence-corrected chi connectivity index (χ1v) is 7.68. The predicted octanol–water partition coefficient (Wildman–Crippen LogP) is 1.88. The number of nitrogens with zero attached hydrogens (tertiary/aromatic N) is 1. The minimum Gasteiger partial charge on any atom is -0.353 e. The van der Waals surface area contributed by atoms with Gasteiger partial charge in [0.05, 0.1) is 0 Å². The molecule has 1 fully saturated rings. The third-order valence-electron chi connectivity index (χ3n) is 3.92. The Balaban J connectivity index is 2.16. The fourth-order valence-corrected chi connectivity index (χ4v) is 2.60. The second-order valence-corrected chi connectivity index (χ2v) is 6.60. The minimum absolute atomic E-state index is 0.214. The minimum atomic E-state index is 0.214. The van der Waals surface area contributed by atoms with E-state index < -0.39 is 0 Å². The molecule has 0 atom stereocenters. The largest absolute Gasteiger partial charge is 0.353 e. The molecule has 0 aromatic rings. The summed E-state index contributed by atoms with van der Waals surface area (Å²) in [5, 5.41) is 3.17. The van der Waals surface area contributed by atoms with Crippen molar-refractivity contribution in [2.45, 2.75) is 70.9 Å². The van der Waals surface area contributed by atoms with Gasteiger partial charge < -0.3 is 11.1 Å². The van der Waals surface area contributed by atoms with Crippen LogP contribution in [0.1, 0.15) is 59.3 Å². The van der Waals surface area contributed by atoms with Crippen LogP contribution in [0, 0.1) is 0 Å². The summed E-state index contributed by atoms with van der Waals surface area (Å²) in [5.74, 6) is 0.214. The van der Waals surface area contributed by atoms with Crippen LogP contribution in [0.3, 0.4) is 0 Å². The van der Waals surface area contributed by atoms with E-state index in [2.05, 4.69) is 31.0 Å². The van der Waals surface area contributed by atoms with Gasteiger partial charge in [0, 0.05) is 31.1 Å². The summed E-state index contributed by atoms with van der Waals surface area (Å²) in [6.45, 7) is 9.66. The van der Waals surface area contributed by atoms with Gasteiger partial charge in [-0.3, -0.25) is 9.69 Å². The van der Waals surface area contributed by atoms with Crippen LogP contribution in [0.25, 0.3) is 0 Å². The van der Waals surface area contributed by atoms with Crippen LogP contribution in [0.15, 0.2) is 0 Å². The van der Waals surface area contributed by atoms with Gasteiger partial charge in [-0.15, -0.1) is 0 Å². The predicted molar refractivity (Wildman–Crippen MR) is 80.0 cm³/mol. The van der Waals surface area contributed by atoms with Crippen LogP contribution in [0.5, 0.6) is 0 Å². The number of nitrogens with one attached hydrogen (secondary N) is 1. The highest BCUT2D eigenvalue weighted by Gasteiger charge is 2.27. The maximum absolute atomic E-state index is 11.8. The molecule has 0 bridgehead atoms. The van der Waals surface area contributed by atoms with E-state index >= 15 is 0 Å². The third kappa shape index (κ3) is 6.39. The Kier molecular flexibility index (Phi) is 6.80. The number of piperidine rings is 1. The topological polar surface area (TPSA) is 58.4 Å². The van der Waals surface area contributed by atoms with Crippen molar-refractivity contribution in [2.75, 3.05) is 19.6 Å². The zero-order chi connectivity index (χ0) is 14.3. The summed E-state index contributed by atoms with van der Waals surface area (Å²) in [6, 6.07) is 0.376. The van der Waals surface area contributed by atoms with Crippen molar-refractivity contribution in [1.29, 1.82) is 0 Å². The number of carbonyl (C=O) groups is 1. The van der Waals surface area contributed by atoms with Crippen molar-refractivity contribution in [1.82, 2.24) is 10.2 Å². The SMILES string of the molecule is CC(C)(C)N1CCC(NC(=O)CCCCCN)CC1. The molecule has 0 spiro atoms. The molecule has 1 heterocycles. The molecule has 0 radical (unpaired) electrons. The molecule has 1 aliphatic heterocycles. The smallest absolute Gasteiger partial charge is 0.220 e. The van der Waals surface area contributed by atoms with Gasteiger partial charge in [0.25, 0.3) is 0 Å². The van der Waals surface area contributed by atoms with E-state index in [0.29, 0.717) is 12.5 Å². The number of likely N-dealkylation sites (tertiary alicyclic amines) is 1. The van der Waals surface area contributed by atoms with Gasteiger partial charge in [-0.05, 0) is 53.0 Å². The number of hydrogen-bond donors (Lipinski definition) is 2. The summed E-state index contributed by atoms with van der Waals surface area (Å²) in [7, 11) is 0. The average molecular weight is 269 g/mol. The Labute approximate surface area is 118 Å². The number of amides is 1. The highest BCUT2D eigenvalue weighted by molar-refractivity contribution is 5.76. The molecule has 0 aromatic heterocycles. The maximum atomic E-state index is 11.8. The van der Waals surface area contributed by atoms with E-state index in [1.807, 2.05) is 0 Å². The van der Waals surface area contributed by atoms with E-state index in [9.17, 15) is 4.79 Å². The van der Waals surface area contributed by atoms with Crippen LogP contribution in [0.4, 0.5) is 0 Å². The van der Waals surface area contributed by atoms with Crippen molar-refractivity contribution in [3.05, 3.63) is 0 Å². The lowest BCUT2D eigenvalue weighted by Gasteiger charge is -2.41. The summed E-state index contributed by atoms with van der Waals surface area (Å²) in [5.41, 5.74) is 5.68. The molecule has 4 nitrogen and oxygen atoms in total. The zero-order valence-electron chi connectivity index (χ0n) is 12.9. The first kappa shape index (κ1) is 16.4. The Morgan fingerprint density at radius 1 is 1.21 bits per heavy atom. The first-order chi connectivity index (χ1) is 8.93. The van der Waals surface area contributed by atoms with Gasteiger partial charge in [-0.2, -0.15) is 0 Å². The molecule has 3 N–H and O–H groups in total. The third-order valence-corrected chi connectivity index (χ3v) is 3.92. The molecular weight excluding hydrogens is 238 g/mol. The second-order valence-electron chi connectivity index (χ2n) is 6.60. The van der Waals surface area contributed by atoms with Gasteiger partial charge in [0.15, 0.2) is 0 Å². The van der Waals surface area contributed by atoms with E-state index in [-0.39, 0.29) is 11.4 Å². The van der Waals surface area contributed by atoms with Crippen LogP contribution < -0.4 is 11.1 Å². The zero-order valence-corrected chi connectivity index (χ0v) is 12.9. The average Bonchev–Trinajstić information content (AvgIpc) is 2.34. The highest BCUT2D eigenvalue weighted by atomic mass is 16.1. The molecule has 112 valence electrons. The molecule has 0 saturated carbocycles. The Bertz CT molecular complexity index is 265. The van der Waals surface area contributed by atoms with Gasteiger partial charge in [0.1, 0.15) is 0 Å². The molecular formula is C15H31N3O. The van der Waals surface area contributed by atoms with Crippen molar-refractivity contribution in [2.24, 2.45) is 5.73 Å². The Morgan fingerprint density at radius 3 is 2.37 bits per heavy atom. The molecule has 1 amide bonds. The summed E-state index contributed by atoms with van der Waals surface area (Å²) in [6.07, 6.45) is 5.85. The van der Waals surface area contributed by atoms with Gasteiger partial charge >= 0.3 is 0 Å². The van der Waals surface area contributed by atoms with Crippen LogP contribution in [-0.2, 0) is 4.79 Å². The molecule has 1 aliphatic rings. The number of unbranched alkanes of at least 4 members (excludes halogenated alkanes) is 2. The van der Waals surface area contributed by atoms with Crippen molar-refractivity contribution in [3.63, 3.8) is 0 Å². The van der Waals surface area contributed by atoms with Crippen LogP contribution in [-0.4, -0.2) is 42.0 Å². The number of nitrogens with two attached hydrogens (primary N) is 1. The normalized spacial score (nSPS) is 18.5. The molecule has 4 heteroatoms. The van der Waals surface area contributed by atoms with E-state index in [1.165, 1.54) is 0 Å². The quantitative estimate of drug-likeness (QED) is 0.724. The number of carbonyl (C=O) groups excluding carboxylic acids is 1. The lowest BCUT2D eigenvalue weighted by atomic mass is 9.98. The molecule has 19 heavy (non-hydrogen) atoms. The number of rotatable bonds is 6. The summed E-state index contributed by atoms with van der Waals surface area (Å²) >= 11 is 0. The van der Waals surface area contributed by atoms with E-state index in [0.717, 1.165) is 51.7 Å². The molecule has 0 unspecified atom stereocenters. The van der Waals surface area contributed by atoms with Crippen molar-refractivity contribution < 1.29 is 4.79 Å². The Morgan fingerprint density at radius 2 is 1.84 bits per heavy atom. The van der Waals surface area contributed by atoms with Crippen molar-refractivity contribution in [3.8, 4) is 0 Å². The fourth-order valence-electron chi connectivity index (χ4n) is 2.60. The van der Waals surface area contributed by atoms with Gasteiger partial charge in [0.2, 0.25) is 5.91 Å². The monoisotopic (exact) mass is 269 g/mol. The Hall–Kier alpha value is -0.610. The maximum Gasteiger partial charge on any atom is 0.220 e. The molecule has 0 aliphatic carbocycles. The second kappa shape index (κ2) is 7.85. The van der Waals surface area contributed by atoms with Crippen molar-refractivity contribution >= 4 is 5.91 Å². The number of hydrogen-bond acceptors (Lipinski definition) is 3. The summed E-state index contributed by atoms with van der Waals surface area (Å²) < 4.78 is 0. The van der Waals surface area contributed by atoms with Gasteiger partial charge in [-0.1, -0.05) is 6.42 Å². The standard InChI is InChI=1S/C15H31N3O/c1-15(2,3)18-11-8-13(9-12-18)17-14(19)7-5-4-6-10-16/h13H,4-12,16H2,1-3H3,(H,17,19). The highest BCUT2D eigenvalue weighted by Crippen LogP contribution is 2.20. The van der Waals surface area contributed by atoms with Crippen LogP contribution >= 0.6 is 0 Å². The summed E-state index contributed by atoms with van der Waals surface area (Å²) in [4.78, 5) is 14.3. The molecule has 1 saturated heterocycles. The first-order valence-electron chi connectivity index (χ1n) is 7.68.